The van der Waals surface area contributed by atoms with Gasteiger partial charge in [0, 0.05) is 28.3 Å². The Morgan fingerprint density at radius 3 is 2.71 bits per heavy atom. The van der Waals surface area contributed by atoms with E-state index in [1.807, 2.05) is 12.3 Å². The molecule has 0 bridgehead atoms. The second-order valence-electron chi connectivity index (χ2n) is 6.11. The van der Waals surface area contributed by atoms with Crippen molar-refractivity contribution in [1.82, 2.24) is 15.1 Å². The van der Waals surface area contributed by atoms with Crippen LogP contribution >= 0.6 is 15.9 Å². The maximum atomic E-state index is 4.63. The van der Waals surface area contributed by atoms with Crippen molar-refractivity contribution in [3.63, 3.8) is 0 Å². The highest BCUT2D eigenvalue weighted by Gasteiger charge is 2.22. The van der Waals surface area contributed by atoms with E-state index in [1.54, 1.807) is 0 Å². The molecule has 0 saturated heterocycles. The van der Waals surface area contributed by atoms with Crippen LogP contribution in [-0.4, -0.2) is 15.8 Å². The lowest BCUT2D eigenvalue weighted by atomic mass is 10.1. The molecule has 1 N–H and O–H groups in total. The van der Waals surface area contributed by atoms with Crippen molar-refractivity contribution in [2.24, 2.45) is 0 Å². The molecule has 4 heteroatoms. The molecule has 0 spiro atoms. The summed E-state index contributed by atoms with van der Waals surface area (Å²) in [7, 11) is 0. The van der Waals surface area contributed by atoms with E-state index in [4.69, 9.17) is 0 Å². The Balaban J connectivity index is 1.82. The summed E-state index contributed by atoms with van der Waals surface area (Å²) in [6.07, 6.45) is 4.67. The Morgan fingerprint density at radius 1 is 1.29 bits per heavy atom. The number of hydrogen-bond acceptors (Lipinski definition) is 2. The fourth-order valence-corrected chi connectivity index (χ4v) is 3.10. The van der Waals surface area contributed by atoms with Gasteiger partial charge in [-0.3, -0.25) is 4.68 Å². The lowest BCUT2D eigenvalue weighted by molar-refractivity contribution is 0.605. The number of rotatable bonds is 6. The third-order valence-electron chi connectivity index (χ3n) is 3.94. The molecular formula is C17H22BrN3. The third kappa shape index (κ3) is 3.55. The summed E-state index contributed by atoms with van der Waals surface area (Å²) in [5, 5.41) is 8.22. The topological polar surface area (TPSA) is 29.9 Å². The van der Waals surface area contributed by atoms with Crippen molar-refractivity contribution in [3.05, 3.63) is 51.8 Å². The summed E-state index contributed by atoms with van der Waals surface area (Å²) < 4.78 is 3.29. The van der Waals surface area contributed by atoms with Crippen LogP contribution in [0.4, 0.5) is 0 Å². The van der Waals surface area contributed by atoms with Crippen LogP contribution in [0.15, 0.2) is 34.9 Å². The first-order valence-electron chi connectivity index (χ1n) is 7.66. The second kappa shape index (κ2) is 6.32. The highest BCUT2D eigenvalue weighted by Crippen LogP contribution is 2.25. The minimum Gasteiger partial charge on any atom is -0.310 e. The third-order valence-corrected chi connectivity index (χ3v) is 4.72. The van der Waals surface area contributed by atoms with Gasteiger partial charge in [0.05, 0.1) is 12.7 Å². The fraction of sp³-hybridized carbons (Fsp3) is 0.471. The van der Waals surface area contributed by atoms with Crippen molar-refractivity contribution in [2.75, 3.05) is 0 Å². The van der Waals surface area contributed by atoms with Gasteiger partial charge < -0.3 is 5.32 Å². The van der Waals surface area contributed by atoms with Crippen LogP contribution < -0.4 is 5.32 Å². The van der Waals surface area contributed by atoms with Crippen LogP contribution in [0.1, 0.15) is 49.4 Å². The van der Waals surface area contributed by atoms with E-state index in [0.29, 0.717) is 5.92 Å². The van der Waals surface area contributed by atoms with Crippen molar-refractivity contribution < 1.29 is 0 Å². The monoisotopic (exact) mass is 347 g/mol. The molecule has 1 aromatic heterocycles. The summed E-state index contributed by atoms with van der Waals surface area (Å²) in [6.45, 7) is 6.24. The molecule has 1 aromatic carbocycles. The molecule has 3 nitrogen and oxygen atoms in total. The molecule has 0 atom stereocenters. The molecule has 3 rings (SSSR count). The zero-order chi connectivity index (χ0) is 14.8. The number of halogens is 1. The van der Waals surface area contributed by atoms with E-state index in [2.05, 4.69) is 63.1 Å². The predicted molar refractivity (Wildman–Crippen MR) is 89.4 cm³/mol. The lowest BCUT2D eigenvalue weighted by Crippen LogP contribution is -2.17. The SMILES string of the molecule is CC(C)c1c(CNC2CC2)cnn1Cc1ccccc1Br. The molecule has 0 unspecified atom stereocenters. The van der Waals surface area contributed by atoms with E-state index in [0.717, 1.165) is 23.6 Å². The van der Waals surface area contributed by atoms with E-state index < -0.39 is 0 Å². The van der Waals surface area contributed by atoms with Crippen molar-refractivity contribution in [3.8, 4) is 0 Å². The largest absolute Gasteiger partial charge is 0.310 e. The van der Waals surface area contributed by atoms with Crippen molar-refractivity contribution in [1.29, 1.82) is 0 Å². The number of hydrogen-bond donors (Lipinski definition) is 1. The zero-order valence-electron chi connectivity index (χ0n) is 12.6. The predicted octanol–water partition coefficient (Wildman–Crippen LogP) is 4.07. The average Bonchev–Trinajstić information content (AvgIpc) is 3.19. The minimum absolute atomic E-state index is 0.478. The van der Waals surface area contributed by atoms with E-state index in [9.17, 15) is 0 Å². The van der Waals surface area contributed by atoms with Gasteiger partial charge in [-0.05, 0) is 30.4 Å². The van der Waals surface area contributed by atoms with Gasteiger partial charge in [0.25, 0.3) is 0 Å². The second-order valence-corrected chi connectivity index (χ2v) is 6.97. The van der Waals surface area contributed by atoms with Gasteiger partial charge in [-0.1, -0.05) is 48.0 Å². The Hall–Kier alpha value is -1.13. The maximum absolute atomic E-state index is 4.63. The van der Waals surface area contributed by atoms with Gasteiger partial charge in [-0.25, -0.2) is 0 Å². The van der Waals surface area contributed by atoms with Crippen LogP contribution in [0.25, 0.3) is 0 Å². The van der Waals surface area contributed by atoms with E-state index >= 15 is 0 Å². The molecule has 112 valence electrons. The molecule has 0 aliphatic heterocycles. The summed E-state index contributed by atoms with van der Waals surface area (Å²) in [5.74, 6) is 0.478. The smallest absolute Gasteiger partial charge is 0.0673 e. The normalized spacial score (nSPS) is 14.9. The van der Waals surface area contributed by atoms with Gasteiger partial charge in [0.2, 0.25) is 0 Å². The number of benzene rings is 1. The van der Waals surface area contributed by atoms with Crippen molar-refractivity contribution in [2.45, 2.75) is 51.7 Å². The molecule has 1 saturated carbocycles. The minimum atomic E-state index is 0.478. The quantitative estimate of drug-likeness (QED) is 0.853. The standard InChI is InChI=1S/C17H22BrN3/c1-12(2)17-14(9-19-15-7-8-15)10-20-21(17)11-13-5-3-4-6-16(13)18/h3-6,10,12,15,19H,7-9,11H2,1-2H3. The van der Waals surface area contributed by atoms with E-state index in [1.165, 1.54) is 29.7 Å². The first-order valence-corrected chi connectivity index (χ1v) is 8.46. The number of nitrogens with one attached hydrogen (secondary N) is 1. The van der Waals surface area contributed by atoms with E-state index in [-0.39, 0.29) is 0 Å². The van der Waals surface area contributed by atoms with Gasteiger partial charge in [-0.2, -0.15) is 5.10 Å². The maximum Gasteiger partial charge on any atom is 0.0673 e. The lowest BCUT2D eigenvalue weighted by Gasteiger charge is -2.14. The Morgan fingerprint density at radius 2 is 2.05 bits per heavy atom. The number of nitrogens with zero attached hydrogens (tertiary/aromatic N) is 2. The molecule has 1 heterocycles. The summed E-state index contributed by atoms with van der Waals surface area (Å²) in [4.78, 5) is 0. The molecule has 1 aliphatic carbocycles. The summed E-state index contributed by atoms with van der Waals surface area (Å²) in [5.41, 5.74) is 3.95. The Labute approximate surface area is 134 Å². The Kier molecular flexibility index (Phi) is 4.45. The first kappa shape index (κ1) is 14.8. The summed E-state index contributed by atoms with van der Waals surface area (Å²) >= 11 is 3.63. The molecule has 0 amide bonds. The van der Waals surface area contributed by atoms with Crippen LogP contribution in [0.3, 0.4) is 0 Å². The molecular weight excluding hydrogens is 326 g/mol. The first-order chi connectivity index (χ1) is 10.1. The Bertz CT molecular complexity index is 614. The van der Waals surface area contributed by atoms with Gasteiger partial charge in [0.15, 0.2) is 0 Å². The highest BCUT2D eigenvalue weighted by molar-refractivity contribution is 9.10. The molecule has 0 radical (unpaired) electrons. The highest BCUT2D eigenvalue weighted by atomic mass is 79.9. The van der Waals surface area contributed by atoms with Crippen LogP contribution in [0, 0.1) is 0 Å². The zero-order valence-corrected chi connectivity index (χ0v) is 14.2. The molecule has 2 aromatic rings. The van der Waals surface area contributed by atoms with Gasteiger partial charge in [0.1, 0.15) is 0 Å². The fourth-order valence-electron chi connectivity index (χ4n) is 2.69. The van der Waals surface area contributed by atoms with Crippen LogP contribution in [-0.2, 0) is 13.1 Å². The van der Waals surface area contributed by atoms with Gasteiger partial charge in [-0.15, -0.1) is 0 Å². The number of aromatic nitrogens is 2. The average molecular weight is 348 g/mol. The summed E-state index contributed by atoms with van der Waals surface area (Å²) in [6, 6.07) is 9.09. The molecule has 1 fully saturated rings. The molecule has 21 heavy (non-hydrogen) atoms. The van der Waals surface area contributed by atoms with Crippen molar-refractivity contribution >= 4 is 15.9 Å². The van der Waals surface area contributed by atoms with Gasteiger partial charge >= 0.3 is 0 Å². The van der Waals surface area contributed by atoms with Crippen LogP contribution in [0.5, 0.6) is 0 Å². The van der Waals surface area contributed by atoms with Crippen LogP contribution in [0.2, 0.25) is 0 Å². The molecule has 1 aliphatic rings.